The Balaban J connectivity index is 2.01. The second kappa shape index (κ2) is 13.7. The van der Waals surface area contributed by atoms with Gasteiger partial charge in [0, 0.05) is 6.07 Å². The minimum atomic E-state index is -5.83. The first-order valence-electron chi connectivity index (χ1n) is 13.7. The number of benzene rings is 2. The van der Waals surface area contributed by atoms with E-state index in [1.807, 2.05) is 0 Å². The number of nitrogens with two attached hydrogens (primary N) is 2. The first kappa shape index (κ1) is 34.8. The zero-order chi connectivity index (χ0) is 34.0. The highest BCUT2D eigenvalue weighted by atomic mass is 31.2. The maximum atomic E-state index is 12.8. The van der Waals surface area contributed by atoms with Crippen LogP contribution in [0.3, 0.4) is 0 Å². The van der Waals surface area contributed by atoms with Crippen molar-refractivity contribution in [2.45, 2.75) is 54.1 Å². The number of hydrogen-bond donors (Lipinski definition) is 9. The topological polar surface area (TPSA) is 284 Å². The summed E-state index contributed by atoms with van der Waals surface area (Å²) in [5, 5.41) is 52.8. The van der Waals surface area contributed by atoms with Gasteiger partial charge < -0.3 is 51.5 Å². The van der Waals surface area contributed by atoms with Crippen LogP contribution in [0.25, 0.3) is 0 Å². The van der Waals surface area contributed by atoms with Crippen molar-refractivity contribution in [1.82, 2.24) is 0 Å². The molecule has 2 aromatic carbocycles. The molecule has 4 rings (SSSR count). The fraction of sp³-hybridized carbons (Fsp3) is 0.310. The number of rotatable bonds is 13. The van der Waals surface area contributed by atoms with Gasteiger partial charge in [0.25, 0.3) is 6.23 Å². The molecular formula is C29H33N3O13P+. The van der Waals surface area contributed by atoms with Gasteiger partial charge >= 0.3 is 25.7 Å². The first-order chi connectivity index (χ1) is 21.6. The molecule has 17 heteroatoms. The number of carboxylic acid groups (broad SMARTS) is 3. The SMILES string of the molecule is NC([C@@H](C(=O)O)c1ccccc1)C(OP(=O)(O)O)(C(N)[C@@H](C(=O)O)c1ccccc1)[C@@H]1O[C@@H]([n+]2cccc(C(=O)O)c2)[C@@H](O)[C@H]1O. The van der Waals surface area contributed by atoms with Gasteiger partial charge in [0.1, 0.15) is 23.4 Å². The lowest BCUT2D eigenvalue weighted by atomic mass is 9.68. The third-order valence-electron chi connectivity index (χ3n) is 7.93. The van der Waals surface area contributed by atoms with Crippen LogP contribution in [0.5, 0.6) is 0 Å². The molecule has 0 aliphatic carbocycles. The molecule has 1 aliphatic rings. The van der Waals surface area contributed by atoms with Gasteiger partial charge in [0.15, 0.2) is 18.5 Å². The summed E-state index contributed by atoms with van der Waals surface area (Å²) in [4.78, 5) is 57.7. The van der Waals surface area contributed by atoms with Crippen LogP contribution < -0.4 is 16.0 Å². The molecule has 0 saturated carbocycles. The summed E-state index contributed by atoms with van der Waals surface area (Å²) in [5.74, 6) is -8.44. The number of pyridine rings is 1. The first-order valence-corrected chi connectivity index (χ1v) is 15.2. The van der Waals surface area contributed by atoms with E-state index in [1.165, 1.54) is 66.9 Å². The van der Waals surface area contributed by atoms with E-state index in [1.54, 1.807) is 12.1 Å². The van der Waals surface area contributed by atoms with Crippen LogP contribution in [0.15, 0.2) is 85.2 Å². The van der Waals surface area contributed by atoms with E-state index in [9.17, 15) is 54.3 Å². The lowest BCUT2D eigenvalue weighted by Gasteiger charge is -2.49. The van der Waals surface area contributed by atoms with Gasteiger partial charge in [-0.25, -0.2) is 9.36 Å². The number of phosphoric acid groups is 1. The van der Waals surface area contributed by atoms with Gasteiger partial charge in [-0.3, -0.25) is 14.1 Å². The van der Waals surface area contributed by atoms with Crippen molar-refractivity contribution in [3.8, 4) is 0 Å². The fourth-order valence-corrected chi connectivity index (χ4v) is 6.65. The summed E-state index contributed by atoms with van der Waals surface area (Å²) in [5.41, 5.74) is 9.85. The van der Waals surface area contributed by atoms with Crippen molar-refractivity contribution in [2.75, 3.05) is 0 Å². The number of phosphoric ester groups is 1. The van der Waals surface area contributed by atoms with Crippen molar-refractivity contribution >= 4 is 25.7 Å². The quantitative estimate of drug-likeness (QED) is 0.0826. The molecule has 1 fully saturated rings. The number of aromatic nitrogens is 1. The molecule has 46 heavy (non-hydrogen) atoms. The number of ether oxygens (including phenoxy) is 1. The Bertz CT molecular complexity index is 1540. The number of aliphatic hydroxyl groups excluding tert-OH is 2. The maximum absolute atomic E-state index is 12.8. The van der Waals surface area contributed by atoms with Gasteiger partial charge in [0.2, 0.25) is 0 Å². The van der Waals surface area contributed by atoms with E-state index >= 15 is 0 Å². The molecule has 246 valence electrons. The Morgan fingerprint density at radius 2 is 1.28 bits per heavy atom. The minimum Gasteiger partial charge on any atom is -0.481 e. The van der Waals surface area contributed by atoms with E-state index in [0.29, 0.717) is 0 Å². The van der Waals surface area contributed by atoms with Crippen LogP contribution in [-0.4, -0.2) is 89.2 Å². The third-order valence-corrected chi connectivity index (χ3v) is 8.49. The number of aliphatic carboxylic acids is 2. The highest BCUT2D eigenvalue weighted by molar-refractivity contribution is 7.46. The van der Waals surface area contributed by atoms with E-state index in [2.05, 4.69) is 0 Å². The zero-order valence-electron chi connectivity index (χ0n) is 23.8. The van der Waals surface area contributed by atoms with Crippen molar-refractivity contribution in [2.24, 2.45) is 11.5 Å². The van der Waals surface area contributed by atoms with E-state index in [4.69, 9.17) is 20.7 Å². The normalized spacial score (nSPS) is 23.9. The smallest absolute Gasteiger partial charge is 0.470 e. The van der Waals surface area contributed by atoms with E-state index < -0.39 is 79.8 Å². The minimum absolute atomic E-state index is 0.00640. The molecule has 16 nitrogen and oxygen atoms in total. The second-order valence-corrected chi connectivity index (χ2v) is 11.9. The number of carbonyl (C=O) groups is 3. The Kier molecular flexibility index (Phi) is 10.4. The highest BCUT2D eigenvalue weighted by Gasteiger charge is 2.67. The molecular weight excluding hydrogens is 629 g/mol. The molecule has 0 spiro atoms. The van der Waals surface area contributed by atoms with Crippen LogP contribution in [0.2, 0.25) is 0 Å². The van der Waals surface area contributed by atoms with Crippen molar-refractivity contribution < 1.29 is 68.1 Å². The van der Waals surface area contributed by atoms with Crippen LogP contribution >= 0.6 is 7.82 Å². The predicted molar refractivity (Wildman–Crippen MR) is 155 cm³/mol. The van der Waals surface area contributed by atoms with Crippen LogP contribution in [0.1, 0.15) is 39.5 Å². The Morgan fingerprint density at radius 3 is 1.70 bits per heavy atom. The molecule has 0 amide bonds. The van der Waals surface area contributed by atoms with Gasteiger partial charge in [-0.05, 0) is 17.2 Å². The Labute approximate surface area is 261 Å². The van der Waals surface area contributed by atoms with Crippen molar-refractivity contribution in [3.63, 3.8) is 0 Å². The molecule has 2 heterocycles. The summed E-state index contributed by atoms with van der Waals surface area (Å²) in [6, 6.07) is 12.5. The van der Waals surface area contributed by atoms with Gasteiger partial charge in [0.05, 0.1) is 23.9 Å². The molecule has 1 aliphatic heterocycles. The number of nitrogens with zero attached hydrogens (tertiary/aromatic N) is 1. The molecule has 3 aromatic rings. The Hall–Kier alpha value is -4.09. The van der Waals surface area contributed by atoms with Gasteiger partial charge in [-0.2, -0.15) is 4.57 Å². The zero-order valence-corrected chi connectivity index (χ0v) is 24.7. The van der Waals surface area contributed by atoms with Gasteiger partial charge in [-0.1, -0.05) is 60.7 Å². The Morgan fingerprint density at radius 1 is 0.804 bits per heavy atom. The summed E-state index contributed by atoms with van der Waals surface area (Å²) >= 11 is 0. The lowest BCUT2D eigenvalue weighted by molar-refractivity contribution is -0.766. The van der Waals surface area contributed by atoms with E-state index in [0.717, 1.165) is 10.8 Å². The number of carboxylic acids is 3. The summed E-state index contributed by atoms with van der Waals surface area (Å²) in [6.45, 7) is 0. The van der Waals surface area contributed by atoms with Crippen molar-refractivity contribution in [3.05, 3.63) is 102 Å². The second-order valence-electron chi connectivity index (χ2n) is 10.7. The molecule has 0 radical (unpaired) electrons. The number of aromatic carboxylic acids is 1. The average Bonchev–Trinajstić information content (AvgIpc) is 3.30. The van der Waals surface area contributed by atoms with Gasteiger partial charge in [-0.15, -0.1) is 0 Å². The molecule has 11 N–H and O–H groups in total. The summed E-state index contributed by atoms with van der Waals surface area (Å²) in [7, 11) is -5.83. The fourth-order valence-electron chi connectivity index (χ4n) is 5.89. The third kappa shape index (κ3) is 6.85. The maximum Gasteiger partial charge on any atom is 0.470 e. The van der Waals surface area contributed by atoms with Crippen molar-refractivity contribution in [1.29, 1.82) is 0 Å². The van der Waals surface area contributed by atoms with Crippen LogP contribution in [0.4, 0.5) is 0 Å². The standard InChI is InChI=1S/C29H32N3O13P/c30-22(18(27(37)38)15-8-3-1-4-9-15)29(45-46(41,42)43,23(31)19(28(39)40)16-10-5-2-6-11-16)24-20(33)21(34)25(44-24)32-13-7-12-17(14-32)26(35)36/h1-14,18-25,33-34H,30-31H2,(H4-,35,36,37,38,39,40,41,42,43)/p+1/t18-,19-,20+,21-,22?,23?,24+,25+,29?/m0/s1. The van der Waals surface area contributed by atoms with E-state index in [-0.39, 0.29) is 16.7 Å². The number of hydrogen-bond acceptors (Lipinski definition) is 10. The molecule has 2 unspecified atom stereocenters. The average molecular weight is 663 g/mol. The molecule has 8 atom stereocenters. The van der Waals surface area contributed by atoms with Crippen LogP contribution in [-0.2, 0) is 23.4 Å². The number of aliphatic hydroxyl groups is 2. The molecule has 1 saturated heterocycles. The highest BCUT2D eigenvalue weighted by Crippen LogP contribution is 2.52. The lowest BCUT2D eigenvalue weighted by Crippen LogP contribution is -2.72. The summed E-state index contributed by atoms with van der Waals surface area (Å²) < 4.78 is 25.0. The molecule has 0 bridgehead atoms. The predicted octanol–water partition coefficient (Wildman–Crippen LogP) is -0.469. The van der Waals surface area contributed by atoms with Crippen LogP contribution in [0, 0.1) is 0 Å². The summed E-state index contributed by atoms with van der Waals surface area (Å²) in [6.07, 6.45) is -5.80. The largest absolute Gasteiger partial charge is 0.481 e. The monoisotopic (exact) mass is 662 g/mol. The molecule has 1 aromatic heterocycles.